The summed E-state index contributed by atoms with van der Waals surface area (Å²) in [6.07, 6.45) is -21.5. The van der Waals surface area contributed by atoms with Gasteiger partial charge in [-0.2, -0.15) is 0 Å². The Kier molecular flexibility index (Phi) is 21.1. The van der Waals surface area contributed by atoms with Crippen molar-refractivity contribution < 1.29 is 96.2 Å². The van der Waals surface area contributed by atoms with Gasteiger partial charge in [-0.05, 0) is 75.3 Å². The van der Waals surface area contributed by atoms with Gasteiger partial charge >= 0.3 is 35.8 Å². The molecule has 3 fully saturated rings. The third-order valence-electron chi connectivity index (χ3n) is 13.3. The Labute approximate surface area is 450 Å². The number of rotatable bonds is 22. The molecule has 0 saturated carbocycles. The monoisotopic (exact) mass is 1080 g/mol. The van der Waals surface area contributed by atoms with Crippen LogP contribution in [0.5, 0.6) is 0 Å². The van der Waals surface area contributed by atoms with Crippen LogP contribution in [0.2, 0.25) is 0 Å². The van der Waals surface area contributed by atoms with Crippen LogP contribution in [0.4, 0.5) is 0 Å². The van der Waals surface area contributed by atoms with Crippen LogP contribution in [0, 0.1) is 0 Å². The number of carbonyl (C=O) groups is 7. The lowest BCUT2D eigenvalue weighted by Crippen LogP contribution is -2.69. The summed E-state index contributed by atoms with van der Waals surface area (Å²) in [5.41, 5.74) is 0.361. The van der Waals surface area contributed by atoms with Gasteiger partial charge < -0.3 is 67.5 Å². The standard InChI is InChI=1S/C57H65NO20/c1-5-6-29-58-30-41(72-35(4)60)48(47(77-56-46(64)45(63)44(62)34(3)71-56)40(58)31-69-52(65)36-19-11-7-12-20-36)78-57-51(76-55(68)39-25-17-10-18-26-39)50(74-43(61)28-27-33(2)59)49(75-54(67)38-23-15-9-16-24-38)42(73-57)32-70-53(66)37-21-13-8-14-22-37/h7-26,34,40-42,44-51,56-57,62-64H,5-6,27-32H2,1-4H3/t34-,40+,41-,42+,44+,45+,46-,47+,48+,49-,50-,51+,56-,57-/m0/s1. The number of aliphatic hydroxyl groups is 3. The predicted octanol–water partition coefficient (Wildman–Crippen LogP) is 4.17. The van der Waals surface area contributed by atoms with Crippen LogP contribution in [-0.2, 0) is 61.8 Å². The fraction of sp³-hybridized carbons (Fsp3) is 0.456. The number of carbonyl (C=O) groups excluding carboxylic acids is 7. The summed E-state index contributed by atoms with van der Waals surface area (Å²) in [5.74, 6) is -5.75. The van der Waals surface area contributed by atoms with Crippen molar-refractivity contribution in [1.29, 1.82) is 0 Å². The van der Waals surface area contributed by atoms with Crippen molar-refractivity contribution in [2.24, 2.45) is 0 Å². The van der Waals surface area contributed by atoms with Crippen LogP contribution in [0.1, 0.15) is 94.8 Å². The molecule has 21 nitrogen and oxygen atoms in total. The van der Waals surface area contributed by atoms with Gasteiger partial charge in [0.05, 0.1) is 40.8 Å². The maximum absolute atomic E-state index is 14.4. The number of esters is 6. The van der Waals surface area contributed by atoms with Crippen molar-refractivity contribution >= 4 is 41.6 Å². The van der Waals surface area contributed by atoms with Crippen LogP contribution in [-0.4, -0.2) is 174 Å². The van der Waals surface area contributed by atoms with Crippen molar-refractivity contribution in [2.45, 2.75) is 139 Å². The van der Waals surface area contributed by atoms with E-state index < -0.39 is 141 Å². The third kappa shape index (κ3) is 15.4. The minimum Gasteiger partial charge on any atom is -0.460 e. The van der Waals surface area contributed by atoms with Gasteiger partial charge in [0.2, 0.25) is 0 Å². The van der Waals surface area contributed by atoms with Gasteiger partial charge in [-0.3, -0.25) is 14.5 Å². The third-order valence-corrected chi connectivity index (χ3v) is 13.3. The van der Waals surface area contributed by atoms with E-state index in [4.69, 9.17) is 47.4 Å². The Bertz CT molecular complexity index is 2630. The van der Waals surface area contributed by atoms with Gasteiger partial charge in [0.25, 0.3) is 0 Å². The highest BCUT2D eigenvalue weighted by atomic mass is 16.8. The molecule has 14 atom stereocenters. The molecule has 3 saturated heterocycles. The molecular weight excluding hydrogens is 1020 g/mol. The highest BCUT2D eigenvalue weighted by Crippen LogP contribution is 2.37. The molecule has 78 heavy (non-hydrogen) atoms. The van der Waals surface area contributed by atoms with E-state index >= 15 is 0 Å². The second-order valence-electron chi connectivity index (χ2n) is 19.0. The van der Waals surface area contributed by atoms with Crippen molar-refractivity contribution in [3.05, 3.63) is 144 Å². The first-order valence-electron chi connectivity index (χ1n) is 25.8. The SMILES string of the molecule is CCCCN1C[C@H](OC(C)=O)[C@@H](O[C@@H]2O[C@H](COC(=O)c3ccccc3)[C@H](OC(=O)c3ccccc3)[C@H](OC(=O)CCC(C)=O)[C@H]2OC(=O)c2ccccc2)[C@H](O[C@@H]2O[C@@H](C)[C@@H](O)[C@@H](O)[C@@H]2O)[C@H]1COC(=O)c1ccccc1. The average Bonchev–Trinajstić information content (AvgIpc) is 3.54. The first-order valence-corrected chi connectivity index (χ1v) is 25.8. The molecule has 21 heteroatoms. The molecule has 0 aromatic heterocycles. The molecule has 4 aromatic rings. The number of unbranched alkanes of at least 4 members (excludes halogenated alkanes) is 1. The molecule has 0 spiro atoms. The van der Waals surface area contributed by atoms with E-state index in [0.717, 1.165) is 6.92 Å². The summed E-state index contributed by atoms with van der Waals surface area (Å²) < 4.78 is 62.5. The molecule has 0 aliphatic carbocycles. The van der Waals surface area contributed by atoms with Crippen LogP contribution < -0.4 is 0 Å². The maximum Gasteiger partial charge on any atom is 0.338 e. The van der Waals surface area contributed by atoms with E-state index in [9.17, 15) is 48.9 Å². The minimum atomic E-state index is -2.00. The highest BCUT2D eigenvalue weighted by molar-refractivity contribution is 5.91. The van der Waals surface area contributed by atoms with E-state index in [-0.39, 0.29) is 41.0 Å². The Morgan fingerprint density at radius 3 is 1.55 bits per heavy atom. The van der Waals surface area contributed by atoms with Crippen LogP contribution in [0.15, 0.2) is 121 Å². The molecule has 0 bridgehead atoms. The second kappa shape index (κ2) is 28.1. The largest absolute Gasteiger partial charge is 0.460 e. The number of likely N-dealkylation sites (tertiary alicyclic amines) is 1. The predicted molar refractivity (Wildman–Crippen MR) is 271 cm³/mol. The van der Waals surface area contributed by atoms with E-state index in [2.05, 4.69) is 0 Å². The zero-order valence-corrected chi connectivity index (χ0v) is 43.5. The Balaban J connectivity index is 1.38. The van der Waals surface area contributed by atoms with Crippen molar-refractivity contribution in [3.8, 4) is 0 Å². The Morgan fingerprint density at radius 1 is 0.538 bits per heavy atom. The maximum atomic E-state index is 14.4. The molecule has 418 valence electrons. The highest BCUT2D eigenvalue weighted by Gasteiger charge is 2.58. The minimum absolute atomic E-state index is 0.00326. The summed E-state index contributed by atoms with van der Waals surface area (Å²) in [7, 11) is 0. The number of piperidine rings is 1. The van der Waals surface area contributed by atoms with Gasteiger partial charge in [-0.1, -0.05) is 86.1 Å². The molecule has 3 aliphatic heterocycles. The molecule has 0 amide bonds. The summed E-state index contributed by atoms with van der Waals surface area (Å²) in [5, 5.41) is 33.2. The zero-order valence-electron chi connectivity index (χ0n) is 43.5. The summed E-state index contributed by atoms with van der Waals surface area (Å²) >= 11 is 0. The number of benzene rings is 4. The molecule has 3 heterocycles. The number of ether oxygens (including phenoxy) is 10. The molecule has 3 N–H and O–H groups in total. The van der Waals surface area contributed by atoms with Gasteiger partial charge in [0, 0.05) is 19.9 Å². The second-order valence-corrected chi connectivity index (χ2v) is 19.0. The topological polar surface area (TPSA) is 276 Å². The number of nitrogens with zero attached hydrogens (tertiary/aromatic N) is 1. The Hall–Kier alpha value is -6.95. The molecule has 7 rings (SSSR count). The first-order chi connectivity index (χ1) is 37.5. The fourth-order valence-corrected chi connectivity index (χ4v) is 9.19. The number of aliphatic hydroxyl groups excluding tert-OH is 3. The molecule has 3 aliphatic rings. The number of hydrogen-bond donors (Lipinski definition) is 3. The van der Waals surface area contributed by atoms with Crippen LogP contribution in [0.3, 0.4) is 0 Å². The molecular formula is C57H65NO20. The van der Waals surface area contributed by atoms with E-state index in [1.807, 2.05) is 11.8 Å². The van der Waals surface area contributed by atoms with Gasteiger partial charge in [0.1, 0.15) is 61.7 Å². The van der Waals surface area contributed by atoms with Crippen LogP contribution in [0.25, 0.3) is 0 Å². The summed E-state index contributed by atoms with van der Waals surface area (Å²) in [6.45, 7) is 4.76. The van der Waals surface area contributed by atoms with Crippen LogP contribution >= 0.6 is 0 Å². The average molecular weight is 1080 g/mol. The normalized spacial score (nSPS) is 28.0. The molecule has 4 aromatic carbocycles. The summed E-state index contributed by atoms with van der Waals surface area (Å²) in [6, 6.07) is 30.3. The van der Waals surface area contributed by atoms with E-state index in [0.29, 0.717) is 19.4 Å². The fourth-order valence-electron chi connectivity index (χ4n) is 9.19. The van der Waals surface area contributed by atoms with Crippen molar-refractivity contribution in [2.75, 3.05) is 26.3 Å². The van der Waals surface area contributed by atoms with E-state index in [1.54, 1.807) is 84.9 Å². The molecule has 0 radical (unpaired) electrons. The smallest absolute Gasteiger partial charge is 0.338 e. The van der Waals surface area contributed by atoms with Gasteiger partial charge in [0.15, 0.2) is 30.9 Å². The quantitative estimate of drug-likeness (QED) is 0.0736. The Morgan fingerprint density at radius 2 is 1.04 bits per heavy atom. The first kappa shape index (κ1) is 58.7. The lowest BCUT2D eigenvalue weighted by atomic mass is 9.91. The summed E-state index contributed by atoms with van der Waals surface area (Å²) in [4.78, 5) is 97.1. The lowest BCUT2D eigenvalue weighted by molar-refractivity contribution is -0.354. The number of ketones is 1. The van der Waals surface area contributed by atoms with Gasteiger partial charge in [-0.15, -0.1) is 0 Å². The van der Waals surface area contributed by atoms with Crippen molar-refractivity contribution in [3.63, 3.8) is 0 Å². The van der Waals surface area contributed by atoms with Gasteiger partial charge in [-0.25, -0.2) is 19.2 Å². The lowest BCUT2D eigenvalue weighted by Gasteiger charge is -2.51. The number of hydrogen-bond acceptors (Lipinski definition) is 21. The van der Waals surface area contributed by atoms with E-state index in [1.165, 1.54) is 50.2 Å². The number of Topliss-reactive ketones (excluding diaryl/α,β-unsaturated/α-hetero) is 1. The molecule has 0 unspecified atom stereocenters. The zero-order chi connectivity index (χ0) is 55.9. The van der Waals surface area contributed by atoms with Crippen molar-refractivity contribution in [1.82, 2.24) is 4.90 Å².